The standard InChI is InChI=1S/C27H33BrN2O2/c28-18-26(32)29-21-7-3-5-19(15-21)6-4-13-30-14-12-27-11-2-1-8-23(27)25(30)16-20-9-10-22(31)17-24(20)27/h3,5,7,9-10,15,17,23,25,31H,1-2,4,6,8,11-14,16,18H2,(H,29,32)/t23-,25+,27+/m0/s1. The zero-order valence-electron chi connectivity index (χ0n) is 18.7. The number of anilines is 1. The molecule has 5 rings (SSSR count). The van der Waals surface area contributed by atoms with E-state index < -0.39 is 0 Å². The van der Waals surface area contributed by atoms with Crippen molar-refractivity contribution >= 4 is 27.5 Å². The van der Waals surface area contributed by atoms with Crippen LogP contribution in [-0.4, -0.2) is 40.4 Å². The van der Waals surface area contributed by atoms with Gasteiger partial charge in [-0.25, -0.2) is 0 Å². The van der Waals surface area contributed by atoms with Crippen molar-refractivity contribution in [1.82, 2.24) is 4.90 Å². The van der Waals surface area contributed by atoms with E-state index in [-0.39, 0.29) is 11.3 Å². The number of halogens is 1. The molecule has 0 aromatic heterocycles. The van der Waals surface area contributed by atoms with Crippen molar-refractivity contribution in [2.24, 2.45) is 5.92 Å². The minimum atomic E-state index is -0.0164. The highest BCUT2D eigenvalue weighted by Crippen LogP contribution is 2.56. The molecule has 2 aromatic carbocycles. The second kappa shape index (κ2) is 9.18. The van der Waals surface area contributed by atoms with Crippen LogP contribution in [0.1, 0.15) is 55.2 Å². The van der Waals surface area contributed by atoms with E-state index in [1.807, 2.05) is 18.2 Å². The van der Waals surface area contributed by atoms with E-state index in [2.05, 4.69) is 50.4 Å². The first-order chi connectivity index (χ1) is 15.6. The molecule has 3 atom stereocenters. The van der Waals surface area contributed by atoms with Crippen LogP contribution >= 0.6 is 15.9 Å². The molecule has 2 fully saturated rings. The smallest absolute Gasteiger partial charge is 0.235 e. The van der Waals surface area contributed by atoms with Gasteiger partial charge in [0, 0.05) is 17.1 Å². The van der Waals surface area contributed by atoms with Gasteiger partial charge < -0.3 is 10.4 Å². The second-order valence-corrected chi connectivity index (χ2v) is 10.5. The molecular weight excluding hydrogens is 464 g/mol. The van der Waals surface area contributed by atoms with Crippen molar-refractivity contribution < 1.29 is 9.90 Å². The van der Waals surface area contributed by atoms with E-state index in [0.29, 0.717) is 17.1 Å². The zero-order chi connectivity index (χ0) is 22.1. The number of likely N-dealkylation sites (tertiary alicyclic amines) is 1. The van der Waals surface area contributed by atoms with Crippen LogP contribution in [0.3, 0.4) is 0 Å². The number of aryl methyl sites for hydroxylation is 1. The average Bonchev–Trinajstić information content (AvgIpc) is 2.81. The van der Waals surface area contributed by atoms with Crippen LogP contribution in [0.25, 0.3) is 0 Å². The van der Waals surface area contributed by atoms with Crippen LogP contribution < -0.4 is 5.32 Å². The van der Waals surface area contributed by atoms with Crippen LogP contribution in [0.15, 0.2) is 42.5 Å². The summed E-state index contributed by atoms with van der Waals surface area (Å²) in [4.78, 5) is 14.4. The summed E-state index contributed by atoms with van der Waals surface area (Å²) in [5, 5.41) is 13.4. The second-order valence-electron chi connectivity index (χ2n) is 9.89. The number of phenolic OH excluding ortho intramolecular Hbond substituents is 1. The molecule has 1 saturated carbocycles. The topological polar surface area (TPSA) is 52.6 Å². The van der Waals surface area contributed by atoms with Crippen LogP contribution in [0.2, 0.25) is 0 Å². The fourth-order valence-electron chi connectivity index (χ4n) is 6.84. The first kappa shape index (κ1) is 22.0. The summed E-state index contributed by atoms with van der Waals surface area (Å²) in [5.74, 6) is 1.14. The number of aromatic hydroxyl groups is 1. The molecule has 2 bridgehead atoms. The zero-order valence-corrected chi connectivity index (χ0v) is 20.2. The van der Waals surface area contributed by atoms with Crippen LogP contribution in [0, 0.1) is 5.92 Å². The van der Waals surface area contributed by atoms with E-state index in [4.69, 9.17) is 0 Å². The van der Waals surface area contributed by atoms with Crippen LogP contribution in [0.5, 0.6) is 5.75 Å². The minimum Gasteiger partial charge on any atom is -0.508 e. The molecule has 1 saturated heterocycles. The Labute approximate surface area is 199 Å². The lowest BCUT2D eigenvalue weighted by Crippen LogP contribution is -2.61. The van der Waals surface area contributed by atoms with Gasteiger partial charge in [0.1, 0.15) is 5.75 Å². The molecule has 2 aromatic rings. The number of rotatable bonds is 6. The summed E-state index contributed by atoms with van der Waals surface area (Å²) in [6.45, 7) is 2.29. The summed E-state index contributed by atoms with van der Waals surface area (Å²) in [7, 11) is 0. The van der Waals surface area contributed by atoms with E-state index in [1.165, 1.54) is 48.8 Å². The van der Waals surface area contributed by atoms with Crippen molar-refractivity contribution in [3.63, 3.8) is 0 Å². The molecule has 2 N–H and O–H groups in total. The Morgan fingerprint density at radius 1 is 1.19 bits per heavy atom. The van der Waals surface area contributed by atoms with Gasteiger partial charge >= 0.3 is 0 Å². The number of carbonyl (C=O) groups excluding carboxylic acids is 1. The number of hydrogen-bond donors (Lipinski definition) is 2. The third-order valence-corrected chi connectivity index (χ3v) is 8.69. The molecule has 1 aliphatic heterocycles. The average molecular weight is 497 g/mol. The lowest BCUT2D eigenvalue weighted by molar-refractivity contribution is -0.113. The van der Waals surface area contributed by atoms with Gasteiger partial charge in [0.05, 0.1) is 5.33 Å². The van der Waals surface area contributed by atoms with Gasteiger partial charge in [-0.05, 0) is 98.5 Å². The summed E-state index contributed by atoms with van der Waals surface area (Å²) >= 11 is 3.21. The van der Waals surface area contributed by atoms with E-state index in [0.717, 1.165) is 44.0 Å². The molecule has 5 heteroatoms. The first-order valence-corrected chi connectivity index (χ1v) is 13.2. The SMILES string of the molecule is O=C(CBr)Nc1cccc(CCCN2CC[C@]34CCCC[C@H]3[C@H]2Cc2ccc(O)cc24)c1. The number of alkyl halides is 1. The predicted molar refractivity (Wildman–Crippen MR) is 133 cm³/mol. The van der Waals surface area contributed by atoms with Crippen molar-refractivity contribution in [2.45, 2.75) is 62.8 Å². The van der Waals surface area contributed by atoms with Crippen molar-refractivity contribution in [1.29, 1.82) is 0 Å². The molecule has 0 unspecified atom stereocenters. The Kier molecular flexibility index (Phi) is 6.31. The van der Waals surface area contributed by atoms with Crippen LogP contribution in [-0.2, 0) is 23.1 Å². The van der Waals surface area contributed by atoms with Gasteiger partial charge in [-0.2, -0.15) is 0 Å². The molecule has 1 amide bonds. The van der Waals surface area contributed by atoms with Crippen LogP contribution in [0.4, 0.5) is 5.69 Å². The maximum Gasteiger partial charge on any atom is 0.235 e. The number of phenols is 1. The van der Waals surface area contributed by atoms with Gasteiger partial charge in [0.2, 0.25) is 5.91 Å². The third kappa shape index (κ3) is 4.10. The van der Waals surface area contributed by atoms with Gasteiger partial charge in [0.25, 0.3) is 0 Å². The Hall–Kier alpha value is -1.85. The molecule has 2 aliphatic carbocycles. The molecular formula is C27H33BrN2O2. The monoisotopic (exact) mass is 496 g/mol. The number of hydrogen-bond acceptors (Lipinski definition) is 3. The Morgan fingerprint density at radius 2 is 2.09 bits per heavy atom. The van der Waals surface area contributed by atoms with Gasteiger partial charge in [-0.3, -0.25) is 9.69 Å². The Morgan fingerprint density at radius 3 is 2.97 bits per heavy atom. The highest BCUT2D eigenvalue weighted by Gasteiger charge is 2.53. The van der Waals surface area contributed by atoms with Crippen molar-refractivity contribution in [3.8, 4) is 5.75 Å². The number of piperidine rings is 1. The molecule has 32 heavy (non-hydrogen) atoms. The number of nitrogens with zero attached hydrogens (tertiary/aromatic N) is 1. The number of benzene rings is 2. The lowest BCUT2D eigenvalue weighted by Gasteiger charge is -2.59. The quantitative estimate of drug-likeness (QED) is 0.525. The van der Waals surface area contributed by atoms with E-state index >= 15 is 0 Å². The fraction of sp³-hybridized carbons (Fsp3) is 0.519. The summed E-state index contributed by atoms with van der Waals surface area (Å²) in [5.41, 5.74) is 5.37. The normalized spacial score (nSPS) is 26.8. The number of fused-ring (bicyclic) bond motifs is 1. The Balaban J connectivity index is 1.28. The summed E-state index contributed by atoms with van der Waals surface area (Å²) in [6.07, 6.45) is 9.78. The number of carbonyl (C=O) groups is 1. The highest BCUT2D eigenvalue weighted by molar-refractivity contribution is 9.09. The largest absolute Gasteiger partial charge is 0.508 e. The molecule has 3 aliphatic rings. The van der Waals surface area contributed by atoms with Crippen molar-refractivity contribution in [3.05, 3.63) is 59.2 Å². The van der Waals surface area contributed by atoms with E-state index in [9.17, 15) is 9.90 Å². The highest BCUT2D eigenvalue weighted by atomic mass is 79.9. The predicted octanol–water partition coefficient (Wildman–Crippen LogP) is 5.42. The van der Waals surface area contributed by atoms with Crippen molar-refractivity contribution in [2.75, 3.05) is 23.7 Å². The van der Waals surface area contributed by atoms with Gasteiger partial charge in [-0.15, -0.1) is 0 Å². The molecule has 170 valence electrons. The van der Waals surface area contributed by atoms with E-state index in [1.54, 1.807) is 0 Å². The molecule has 4 nitrogen and oxygen atoms in total. The van der Waals surface area contributed by atoms with Gasteiger partial charge in [0.15, 0.2) is 0 Å². The maximum absolute atomic E-state index is 11.7. The first-order valence-electron chi connectivity index (χ1n) is 12.1. The number of amides is 1. The molecule has 0 spiro atoms. The Bertz CT molecular complexity index is 993. The maximum atomic E-state index is 11.7. The minimum absolute atomic E-state index is 0.0164. The third-order valence-electron chi connectivity index (χ3n) is 8.18. The summed E-state index contributed by atoms with van der Waals surface area (Å²) < 4.78 is 0. The summed E-state index contributed by atoms with van der Waals surface area (Å²) in [6, 6.07) is 15.0. The fourth-order valence-corrected chi connectivity index (χ4v) is 6.98. The molecule has 1 heterocycles. The number of nitrogens with one attached hydrogen (secondary N) is 1. The lowest BCUT2D eigenvalue weighted by atomic mass is 9.52. The molecule has 0 radical (unpaired) electrons. The van der Waals surface area contributed by atoms with Gasteiger partial charge in [-0.1, -0.05) is 47.0 Å².